The number of hydrogen-bond acceptors (Lipinski definition) is 4. The average Bonchev–Trinajstić information content (AvgIpc) is 2.28. The van der Waals surface area contributed by atoms with Gasteiger partial charge in [0.25, 0.3) is 0 Å². The van der Waals surface area contributed by atoms with E-state index in [2.05, 4.69) is 0 Å². The van der Waals surface area contributed by atoms with Gasteiger partial charge in [0, 0.05) is 18.1 Å². The van der Waals surface area contributed by atoms with Crippen molar-refractivity contribution in [2.75, 3.05) is 20.2 Å². The Morgan fingerprint density at radius 2 is 2.26 bits per heavy atom. The molecule has 1 aromatic rings. The van der Waals surface area contributed by atoms with Crippen LogP contribution < -0.4 is 0 Å². The summed E-state index contributed by atoms with van der Waals surface area (Å²) in [5.74, 6) is -0.369. The molecule has 1 rings (SSSR count). The van der Waals surface area contributed by atoms with Crippen LogP contribution in [0.3, 0.4) is 0 Å². The first-order valence-electron chi connectivity index (χ1n) is 6.28. The summed E-state index contributed by atoms with van der Waals surface area (Å²) in [5.41, 5.74) is 1.07. The third kappa shape index (κ3) is 6.57. The monoisotopic (exact) mass is 285 g/mol. The molecule has 0 aliphatic carbocycles. The Hall–Kier alpha value is -1.10. The number of rotatable bonds is 7. The van der Waals surface area contributed by atoms with E-state index in [1.807, 2.05) is 36.2 Å². The lowest BCUT2D eigenvalue weighted by Gasteiger charge is -2.20. The summed E-state index contributed by atoms with van der Waals surface area (Å²) in [7, 11) is 1.88. The van der Waals surface area contributed by atoms with Gasteiger partial charge in [-0.05, 0) is 31.7 Å². The van der Waals surface area contributed by atoms with Crippen molar-refractivity contribution in [2.24, 2.45) is 0 Å². The first kappa shape index (κ1) is 16.0. The van der Waals surface area contributed by atoms with Crippen molar-refractivity contribution in [2.45, 2.75) is 26.0 Å². The summed E-state index contributed by atoms with van der Waals surface area (Å²) >= 11 is 5.91. The highest BCUT2D eigenvalue weighted by Gasteiger charge is 2.14. The van der Waals surface area contributed by atoms with E-state index in [1.54, 1.807) is 6.92 Å². The Labute approximate surface area is 118 Å². The predicted molar refractivity (Wildman–Crippen MR) is 75.0 cm³/mol. The summed E-state index contributed by atoms with van der Waals surface area (Å²) in [6, 6.07) is 7.57. The Kier molecular flexibility index (Phi) is 6.84. The van der Waals surface area contributed by atoms with Crippen LogP contribution in [-0.2, 0) is 16.1 Å². The second-order valence-corrected chi connectivity index (χ2v) is 4.93. The summed E-state index contributed by atoms with van der Waals surface area (Å²) in [6.07, 6.45) is -0.698. The minimum absolute atomic E-state index is 0.0216. The second kappa shape index (κ2) is 8.15. The molecule has 0 aromatic heterocycles. The molecule has 0 aliphatic heterocycles. The first-order valence-corrected chi connectivity index (χ1v) is 6.65. The van der Waals surface area contributed by atoms with Crippen LogP contribution in [0.5, 0.6) is 0 Å². The topological polar surface area (TPSA) is 49.8 Å². The Morgan fingerprint density at radius 1 is 1.53 bits per heavy atom. The van der Waals surface area contributed by atoms with Crippen LogP contribution in [0.2, 0.25) is 5.02 Å². The van der Waals surface area contributed by atoms with E-state index >= 15 is 0 Å². The summed E-state index contributed by atoms with van der Waals surface area (Å²) < 4.78 is 4.79. The maximum atomic E-state index is 11.2. The van der Waals surface area contributed by atoms with Crippen LogP contribution in [-0.4, -0.2) is 42.3 Å². The number of nitrogens with zero attached hydrogens (tertiary/aromatic N) is 1. The molecule has 1 unspecified atom stereocenters. The summed E-state index contributed by atoms with van der Waals surface area (Å²) in [6.45, 7) is 3.16. The molecule has 0 spiro atoms. The third-order valence-corrected chi connectivity index (χ3v) is 2.81. The standard InChI is InChI=1S/C14H20ClNO3/c1-3-19-14(18)8-13(17)10-16(2)9-11-5-4-6-12(15)7-11/h4-7,13,17H,3,8-10H2,1-2H3. The van der Waals surface area contributed by atoms with Gasteiger partial charge in [0.1, 0.15) is 0 Å². The molecule has 0 fully saturated rings. The number of aliphatic hydroxyl groups is 1. The van der Waals surface area contributed by atoms with Crippen molar-refractivity contribution in [1.82, 2.24) is 4.90 Å². The fraction of sp³-hybridized carbons (Fsp3) is 0.500. The molecule has 1 N–H and O–H groups in total. The van der Waals surface area contributed by atoms with E-state index in [9.17, 15) is 9.90 Å². The van der Waals surface area contributed by atoms with Gasteiger partial charge in [-0.2, -0.15) is 0 Å². The quantitative estimate of drug-likeness (QED) is 0.780. The predicted octanol–water partition coefficient (Wildman–Crippen LogP) is 2.09. The van der Waals surface area contributed by atoms with Crippen LogP contribution in [0, 0.1) is 0 Å². The third-order valence-electron chi connectivity index (χ3n) is 2.57. The number of hydrogen-bond donors (Lipinski definition) is 1. The van der Waals surface area contributed by atoms with E-state index in [-0.39, 0.29) is 12.4 Å². The molecule has 0 radical (unpaired) electrons. The molecule has 5 heteroatoms. The fourth-order valence-electron chi connectivity index (χ4n) is 1.85. The van der Waals surface area contributed by atoms with Gasteiger partial charge < -0.3 is 9.84 Å². The molecule has 106 valence electrons. The molecule has 19 heavy (non-hydrogen) atoms. The van der Waals surface area contributed by atoms with Gasteiger partial charge in [-0.3, -0.25) is 9.69 Å². The Morgan fingerprint density at radius 3 is 2.89 bits per heavy atom. The number of halogens is 1. The zero-order chi connectivity index (χ0) is 14.3. The van der Waals surface area contributed by atoms with Crippen LogP contribution >= 0.6 is 11.6 Å². The first-order chi connectivity index (χ1) is 9.01. The zero-order valence-corrected chi connectivity index (χ0v) is 12.1. The van der Waals surface area contributed by atoms with Gasteiger partial charge in [-0.15, -0.1) is 0 Å². The van der Waals surface area contributed by atoms with E-state index in [1.165, 1.54) is 0 Å². The molecule has 0 amide bonds. The Bertz CT molecular complexity index is 411. The number of carbonyl (C=O) groups is 1. The fourth-order valence-corrected chi connectivity index (χ4v) is 2.06. The van der Waals surface area contributed by atoms with Crippen LogP contribution in [0.4, 0.5) is 0 Å². The van der Waals surface area contributed by atoms with Crippen LogP contribution in [0.25, 0.3) is 0 Å². The molecule has 0 saturated carbocycles. The number of carbonyl (C=O) groups excluding carboxylic acids is 1. The highest BCUT2D eigenvalue weighted by Crippen LogP contribution is 2.12. The largest absolute Gasteiger partial charge is 0.466 e. The lowest BCUT2D eigenvalue weighted by Crippen LogP contribution is -2.30. The van der Waals surface area contributed by atoms with Crippen molar-refractivity contribution in [3.8, 4) is 0 Å². The lowest BCUT2D eigenvalue weighted by atomic mass is 10.2. The normalized spacial score (nSPS) is 12.5. The molecular weight excluding hydrogens is 266 g/mol. The SMILES string of the molecule is CCOC(=O)CC(O)CN(C)Cc1cccc(Cl)c1. The van der Waals surface area contributed by atoms with Gasteiger partial charge in [0.2, 0.25) is 0 Å². The van der Waals surface area contributed by atoms with Crippen molar-refractivity contribution >= 4 is 17.6 Å². The molecule has 1 aromatic carbocycles. The summed E-state index contributed by atoms with van der Waals surface area (Å²) in [4.78, 5) is 13.2. The smallest absolute Gasteiger partial charge is 0.308 e. The van der Waals surface area contributed by atoms with Crippen molar-refractivity contribution in [3.63, 3.8) is 0 Å². The van der Waals surface area contributed by atoms with Crippen LogP contribution in [0.15, 0.2) is 24.3 Å². The second-order valence-electron chi connectivity index (χ2n) is 4.49. The minimum atomic E-state index is -0.719. The van der Waals surface area contributed by atoms with E-state index in [0.29, 0.717) is 24.7 Å². The number of ether oxygens (including phenoxy) is 1. The van der Waals surface area contributed by atoms with Crippen LogP contribution in [0.1, 0.15) is 18.9 Å². The molecule has 1 atom stereocenters. The number of aliphatic hydroxyl groups excluding tert-OH is 1. The number of likely N-dealkylation sites (N-methyl/N-ethyl adjacent to an activating group) is 1. The van der Waals surface area contributed by atoms with E-state index < -0.39 is 6.10 Å². The van der Waals surface area contributed by atoms with Crippen molar-refractivity contribution in [1.29, 1.82) is 0 Å². The molecule has 0 saturated heterocycles. The van der Waals surface area contributed by atoms with Gasteiger partial charge in [-0.1, -0.05) is 23.7 Å². The lowest BCUT2D eigenvalue weighted by molar-refractivity contribution is -0.145. The highest BCUT2D eigenvalue weighted by atomic mass is 35.5. The molecule has 4 nitrogen and oxygen atoms in total. The van der Waals surface area contributed by atoms with Gasteiger partial charge in [-0.25, -0.2) is 0 Å². The number of benzene rings is 1. The van der Waals surface area contributed by atoms with E-state index in [0.717, 1.165) is 5.56 Å². The van der Waals surface area contributed by atoms with Gasteiger partial charge in [0.05, 0.1) is 19.1 Å². The zero-order valence-electron chi connectivity index (χ0n) is 11.3. The van der Waals surface area contributed by atoms with Gasteiger partial charge >= 0.3 is 5.97 Å². The van der Waals surface area contributed by atoms with Crippen molar-refractivity contribution < 1.29 is 14.6 Å². The van der Waals surface area contributed by atoms with E-state index in [4.69, 9.17) is 16.3 Å². The molecule has 0 bridgehead atoms. The van der Waals surface area contributed by atoms with Gasteiger partial charge in [0.15, 0.2) is 0 Å². The maximum Gasteiger partial charge on any atom is 0.308 e. The Balaban J connectivity index is 2.38. The van der Waals surface area contributed by atoms with Crippen molar-refractivity contribution in [3.05, 3.63) is 34.9 Å². The molecule has 0 aliphatic rings. The highest BCUT2D eigenvalue weighted by molar-refractivity contribution is 6.30. The minimum Gasteiger partial charge on any atom is -0.466 e. The molecular formula is C14H20ClNO3. The average molecular weight is 286 g/mol. The summed E-state index contributed by atoms with van der Waals surface area (Å²) in [5, 5.41) is 10.5. The number of esters is 1. The maximum absolute atomic E-state index is 11.2. The molecule has 0 heterocycles.